The van der Waals surface area contributed by atoms with E-state index in [1.54, 1.807) is 0 Å². The molecule has 1 aliphatic heterocycles. The maximum Gasteiger partial charge on any atom is 0.266 e. The molecule has 2 aliphatic rings. The van der Waals surface area contributed by atoms with E-state index in [9.17, 15) is 4.79 Å². The minimum Gasteiger partial charge on any atom is -0.397 e. The van der Waals surface area contributed by atoms with Crippen molar-refractivity contribution in [1.82, 2.24) is 9.88 Å². The molecule has 2 N–H and O–H groups in total. The van der Waals surface area contributed by atoms with Crippen molar-refractivity contribution < 1.29 is 4.79 Å². The number of nitrogens with zero attached hydrogens (tertiary/aromatic N) is 2. The maximum absolute atomic E-state index is 13.6. The summed E-state index contributed by atoms with van der Waals surface area (Å²) < 4.78 is 0. The standard InChI is InChI=1S/C25H29N3OS/c1-15-5-7-16(8-6-15)18-10-9-17-20(26)21(30-22(17)27-18)23(29)28-12-11-25(4)13-19(28)24(2,3)14-25/h5-10,19H,11-14,26H2,1-4H3. The Morgan fingerprint density at radius 1 is 1.17 bits per heavy atom. The molecule has 1 saturated heterocycles. The number of pyridine rings is 1. The van der Waals surface area contributed by atoms with Crippen LogP contribution in [0, 0.1) is 17.8 Å². The number of hydrogen-bond acceptors (Lipinski definition) is 4. The third-order valence-electron chi connectivity index (χ3n) is 7.20. The maximum atomic E-state index is 13.6. The fraction of sp³-hybridized carbons (Fsp3) is 0.440. The first-order valence-corrected chi connectivity index (χ1v) is 11.6. The zero-order valence-corrected chi connectivity index (χ0v) is 19.0. The molecule has 5 heteroatoms. The number of carbonyl (C=O) groups excluding carboxylic acids is 1. The Kier molecular flexibility index (Phi) is 4.27. The van der Waals surface area contributed by atoms with Crippen LogP contribution in [-0.4, -0.2) is 28.4 Å². The highest BCUT2D eigenvalue weighted by Gasteiger charge is 2.53. The average Bonchev–Trinajstić information content (AvgIpc) is 3.12. The van der Waals surface area contributed by atoms with Gasteiger partial charge in [0.15, 0.2) is 0 Å². The van der Waals surface area contributed by atoms with E-state index in [1.807, 2.05) is 12.1 Å². The topological polar surface area (TPSA) is 59.2 Å². The number of likely N-dealkylation sites (tertiary alicyclic amines) is 1. The third kappa shape index (κ3) is 3.02. The fourth-order valence-corrected chi connectivity index (χ4v) is 6.77. The highest BCUT2D eigenvalue weighted by molar-refractivity contribution is 7.21. The van der Waals surface area contributed by atoms with Gasteiger partial charge in [0.05, 0.1) is 11.4 Å². The van der Waals surface area contributed by atoms with Crippen molar-refractivity contribution in [2.75, 3.05) is 12.3 Å². The molecule has 2 bridgehead atoms. The molecule has 1 amide bonds. The number of nitrogen functional groups attached to an aromatic ring is 1. The summed E-state index contributed by atoms with van der Waals surface area (Å²) in [6.07, 6.45) is 3.34. The largest absolute Gasteiger partial charge is 0.397 e. The van der Waals surface area contributed by atoms with Gasteiger partial charge in [0.25, 0.3) is 5.91 Å². The summed E-state index contributed by atoms with van der Waals surface area (Å²) in [5.41, 5.74) is 10.8. The van der Waals surface area contributed by atoms with E-state index in [0.29, 0.717) is 16.0 Å². The number of nitrogens with two attached hydrogens (primary N) is 1. The zero-order valence-electron chi connectivity index (χ0n) is 18.2. The van der Waals surface area contributed by atoms with E-state index in [1.165, 1.54) is 23.3 Å². The quantitative estimate of drug-likeness (QED) is 0.563. The van der Waals surface area contributed by atoms with Crippen LogP contribution in [0.2, 0.25) is 0 Å². The van der Waals surface area contributed by atoms with Crippen molar-refractivity contribution in [1.29, 1.82) is 0 Å². The lowest BCUT2D eigenvalue weighted by atomic mass is 9.81. The van der Waals surface area contributed by atoms with Crippen molar-refractivity contribution in [3.8, 4) is 11.3 Å². The van der Waals surface area contributed by atoms with Crippen molar-refractivity contribution in [2.45, 2.75) is 53.0 Å². The normalized spacial score (nSPS) is 25.1. The molecule has 1 aromatic carbocycles. The van der Waals surface area contributed by atoms with Gasteiger partial charge in [0, 0.05) is 23.5 Å². The van der Waals surface area contributed by atoms with Gasteiger partial charge >= 0.3 is 0 Å². The smallest absolute Gasteiger partial charge is 0.266 e. The number of hydrogen-bond donors (Lipinski definition) is 1. The van der Waals surface area contributed by atoms with Crippen LogP contribution in [0.15, 0.2) is 36.4 Å². The van der Waals surface area contributed by atoms with Gasteiger partial charge in [-0.15, -0.1) is 11.3 Å². The first-order chi connectivity index (χ1) is 14.2. The lowest BCUT2D eigenvalue weighted by Crippen LogP contribution is -2.48. The summed E-state index contributed by atoms with van der Waals surface area (Å²) in [6.45, 7) is 9.88. The van der Waals surface area contributed by atoms with Crippen LogP contribution >= 0.6 is 11.3 Å². The van der Waals surface area contributed by atoms with Gasteiger partial charge < -0.3 is 10.6 Å². The molecule has 30 heavy (non-hydrogen) atoms. The Morgan fingerprint density at radius 3 is 2.63 bits per heavy atom. The minimum absolute atomic E-state index is 0.0782. The Morgan fingerprint density at radius 2 is 1.90 bits per heavy atom. The first kappa shape index (κ1) is 19.6. The zero-order chi connectivity index (χ0) is 21.3. The van der Waals surface area contributed by atoms with Crippen molar-refractivity contribution in [3.63, 3.8) is 0 Å². The first-order valence-electron chi connectivity index (χ1n) is 10.7. The molecule has 3 heterocycles. The van der Waals surface area contributed by atoms with Crippen molar-refractivity contribution in [2.24, 2.45) is 10.8 Å². The molecular weight excluding hydrogens is 390 g/mol. The lowest BCUT2D eigenvalue weighted by molar-refractivity contribution is 0.0480. The number of anilines is 1. The van der Waals surface area contributed by atoms with Crippen LogP contribution in [0.4, 0.5) is 5.69 Å². The molecule has 2 aromatic heterocycles. The molecule has 2 unspecified atom stereocenters. The van der Waals surface area contributed by atoms with E-state index in [2.05, 4.69) is 56.9 Å². The predicted molar refractivity (Wildman–Crippen MR) is 125 cm³/mol. The van der Waals surface area contributed by atoms with Gasteiger partial charge in [-0.2, -0.15) is 0 Å². The van der Waals surface area contributed by atoms with Gasteiger partial charge in [-0.1, -0.05) is 50.6 Å². The van der Waals surface area contributed by atoms with Crippen LogP contribution in [-0.2, 0) is 0 Å². The Balaban J connectivity index is 1.51. The monoisotopic (exact) mass is 419 g/mol. The third-order valence-corrected chi connectivity index (χ3v) is 8.30. The van der Waals surface area contributed by atoms with Crippen molar-refractivity contribution in [3.05, 3.63) is 46.8 Å². The molecule has 0 spiro atoms. The van der Waals surface area contributed by atoms with Gasteiger partial charge in [0.1, 0.15) is 9.71 Å². The minimum atomic E-state index is 0.0782. The number of piperidine rings is 1. The summed E-state index contributed by atoms with van der Waals surface area (Å²) in [4.78, 5) is 22.0. The molecule has 2 atom stereocenters. The average molecular weight is 420 g/mol. The number of benzene rings is 1. The summed E-state index contributed by atoms with van der Waals surface area (Å²) >= 11 is 1.44. The molecule has 1 saturated carbocycles. The van der Waals surface area contributed by atoms with E-state index >= 15 is 0 Å². The second-order valence-electron chi connectivity index (χ2n) is 10.2. The lowest BCUT2D eigenvalue weighted by Gasteiger charge is -2.40. The highest BCUT2D eigenvalue weighted by Crippen LogP contribution is 2.56. The van der Waals surface area contributed by atoms with Crippen LogP contribution < -0.4 is 5.73 Å². The summed E-state index contributed by atoms with van der Waals surface area (Å²) in [6, 6.07) is 12.6. The van der Waals surface area contributed by atoms with Crippen LogP contribution in [0.5, 0.6) is 0 Å². The van der Waals surface area contributed by atoms with Crippen LogP contribution in [0.3, 0.4) is 0 Å². The fourth-order valence-electron chi connectivity index (χ4n) is 5.72. The van der Waals surface area contributed by atoms with Gasteiger partial charge in [-0.3, -0.25) is 4.79 Å². The van der Waals surface area contributed by atoms with E-state index < -0.39 is 0 Å². The highest BCUT2D eigenvalue weighted by atomic mass is 32.1. The number of aryl methyl sites for hydroxylation is 1. The molecule has 5 rings (SSSR count). The molecule has 1 aliphatic carbocycles. The Bertz CT molecular complexity index is 1150. The summed E-state index contributed by atoms with van der Waals surface area (Å²) in [5, 5.41) is 0.881. The van der Waals surface area contributed by atoms with Crippen molar-refractivity contribution >= 4 is 33.1 Å². The van der Waals surface area contributed by atoms with E-state index in [4.69, 9.17) is 10.7 Å². The number of fused-ring (bicyclic) bond motifs is 3. The number of rotatable bonds is 2. The van der Waals surface area contributed by atoms with Gasteiger partial charge in [-0.05, 0) is 49.1 Å². The molecule has 2 fully saturated rings. The number of aromatic nitrogens is 1. The Labute approximate surface area is 182 Å². The number of amides is 1. The summed E-state index contributed by atoms with van der Waals surface area (Å²) in [5.74, 6) is 0.0782. The molecule has 0 radical (unpaired) electrons. The molecule has 156 valence electrons. The van der Waals surface area contributed by atoms with Crippen LogP contribution in [0.25, 0.3) is 21.5 Å². The van der Waals surface area contributed by atoms with Gasteiger partial charge in [-0.25, -0.2) is 4.98 Å². The summed E-state index contributed by atoms with van der Waals surface area (Å²) in [7, 11) is 0. The number of thiophene rings is 1. The second kappa shape index (κ2) is 6.55. The SMILES string of the molecule is Cc1ccc(-c2ccc3c(N)c(C(=O)N4CCC5(C)CC4C(C)(C)C5)sc3n2)cc1. The molecular formula is C25H29N3OS. The second-order valence-corrected chi connectivity index (χ2v) is 11.2. The van der Waals surface area contributed by atoms with E-state index in [0.717, 1.165) is 40.9 Å². The van der Waals surface area contributed by atoms with E-state index in [-0.39, 0.29) is 17.4 Å². The molecule has 4 nitrogen and oxygen atoms in total. The number of carbonyl (C=O) groups is 1. The van der Waals surface area contributed by atoms with Gasteiger partial charge in [0.2, 0.25) is 0 Å². The predicted octanol–water partition coefficient (Wildman–Crippen LogP) is 5.89. The Hall–Kier alpha value is -2.40. The molecule has 3 aromatic rings. The van der Waals surface area contributed by atoms with Crippen LogP contribution in [0.1, 0.15) is 55.3 Å².